The summed E-state index contributed by atoms with van der Waals surface area (Å²) in [5, 5.41) is 9.08. The predicted molar refractivity (Wildman–Crippen MR) is 61.9 cm³/mol. The Morgan fingerprint density at radius 2 is 1.94 bits per heavy atom. The number of aromatic nitrogens is 1. The quantitative estimate of drug-likeness (QED) is 0.829. The highest BCUT2D eigenvalue weighted by Crippen LogP contribution is 2.22. The summed E-state index contributed by atoms with van der Waals surface area (Å²) in [6, 6.07) is 3.65. The minimum atomic E-state index is -0.945. The molecule has 1 aliphatic heterocycles. The Morgan fingerprint density at radius 1 is 1.25 bits per heavy atom. The van der Waals surface area contributed by atoms with Gasteiger partial charge in [0.05, 0.1) is 5.69 Å². The molecule has 2 rings (SSSR count). The van der Waals surface area contributed by atoms with Gasteiger partial charge in [-0.1, -0.05) is 12.8 Å². The van der Waals surface area contributed by atoms with Crippen molar-refractivity contribution in [1.29, 1.82) is 0 Å². The first-order valence-electron chi connectivity index (χ1n) is 5.72. The standard InChI is InChI=1S/C12H16N2O2/c15-12(16)11-10(6-5-7-13-11)14-8-3-1-2-4-9-14/h5-7H,1-4,8-9H2,(H,15,16). The van der Waals surface area contributed by atoms with Crippen LogP contribution in [0.3, 0.4) is 0 Å². The number of anilines is 1. The van der Waals surface area contributed by atoms with Gasteiger partial charge in [-0.3, -0.25) is 0 Å². The van der Waals surface area contributed by atoms with E-state index in [9.17, 15) is 4.79 Å². The topological polar surface area (TPSA) is 53.4 Å². The van der Waals surface area contributed by atoms with E-state index in [2.05, 4.69) is 9.88 Å². The first-order chi connectivity index (χ1) is 7.79. The predicted octanol–water partition coefficient (Wildman–Crippen LogP) is 2.16. The molecule has 0 unspecified atom stereocenters. The van der Waals surface area contributed by atoms with E-state index in [0.29, 0.717) is 0 Å². The summed E-state index contributed by atoms with van der Waals surface area (Å²) in [6.07, 6.45) is 6.27. The highest BCUT2D eigenvalue weighted by molar-refractivity contribution is 5.92. The van der Waals surface area contributed by atoms with Gasteiger partial charge in [0.1, 0.15) is 0 Å². The first-order valence-corrected chi connectivity index (χ1v) is 5.72. The zero-order valence-electron chi connectivity index (χ0n) is 9.22. The van der Waals surface area contributed by atoms with Crippen molar-refractivity contribution in [2.45, 2.75) is 25.7 Å². The van der Waals surface area contributed by atoms with Gasteiger partial charge in [-0.15, -0.1) is 0 Å². The molecule has 0 radical (unpaired) electrons. The molecule has 0 saturated carbocycles. The third-order valence-electron chi connectivity index (χ3n) is 2.94. The maximum atomic E-state index is 11.1. The number of carboxylic acid groups (broad SMARTS) is 1. The molecule has 1 aromatic rings. The van der Waals surface area contributed by atoms with Crippen molar-refractivity contribution in [3.05, 3.63) is 24.0 Å². The van der Waals surface area contributed by atoms with Crippen LogP contribution in [-0.2, 0) is 0 Å². The number of rotatable bonds is 2. The fraction of sp³-hybridized carbons (Fsp3) is 0.500. The lowest BCUT2D eigenvalue weighted by atomic mass is 10.2. The largest absolute Gasteiger partial charge is 0.476 e. The van der Waals surface area contributed by atoms with Gasteiger partial charge in [-0.05, 0) is 25.0 Å². The van der Waals surface area contributed by atoms with Gasteiger partial charge in [0.15, 0.2) is 5.69 Å². The lowest BCUT2D eigenvalue weighted by molar-refractivity contribution is 0.0691. The fourth-order valence-corrected chi connectivity index (χ4v) is 2.13. The number of nitrogens with zero attached hydrogens (tertiary/aromatic N) is 2. The Hall–Kier alpha value is -1.58. The van der Waals surface area contributed by atoms with E-state index in [4.69, 9.17) is 5.11 Å². The van der Waals surface area contributed by atoms with E-state index in [0.717, 1.165) is 31.6 Å². The molecule has 0 atom stereocenters. The normalized spacial score (nSPS) is 16.9. The van der Waals surface area contributed by atoms with Crippen molar-refractivity contribution in [1.82, 2.24) is 4.98 Å². The van der Waals surface area contributed by atoms with Crippen LogP contribution in [0.25, 0.3) is 0 Å². The lowest BCUT2D eigenvalue weighted by Crippen LogP contribution is -2.26. The van der Waals surface area contributed by atoms with E-state index in [1.165, 1.54) is 19.0 Å². The number of hydrogen-bond donors (Lipinski definition) is 1. The van der Waals surface area contributed by atoms with Crippen LogP contribution in [0.15, 0.2) is 18.3 Å². The minimum Gasteiger partial charge on any atom is -0.476 e. The molecular weight excluding hydrogens is 204 g/mol. The SMILES string of the molecule is O=C(O)c1ncccc1N1CCCCCC1. The van der Waals surface area contributed by atoms with Crippen LogP contribution in [-0.4, -0.2) is 29.1 Å². The molecule has 1 aliphatic rings. The lowest BCUT2D eigenvalue weighted by Gasteiger charge is -2.23. The number of hydrogen-bond acceptors (Lipinski definition) is 3. The highest BCUT2D eigenvalue weighted by atomic mass is 16.4. The van der Waals surface area contributed by atoms with Gasteiger partial charge < -0.3 is 10.0 Å². The summed E-state index contributed by atoms with van der Waals surface area (Å²) in [4.78, 5) is 17.1. The molecule has 0 amide bonds. The number of aromatic carboxylic acids is 1. The Bertz CT molecular complexity index is 371. The summed E-state index contributed by atoms with van der Waals surface area (Å²) >= 11 is 0. The third-order valence-corrected chi connectivity index (χ3v) is 2.94. The van der Waals surface area contributed by atoms with Crippen molar-refractivity contribution in [3.8, 4) is 0 Å². The molecule has 0 aliphatic carbocycles. The van der Waals surface area contributed by atoms with Crippen molar-refractivity contribution in [2.75, 3.05) is 18.0 Å². The van der Waals surface area contributed by atoms with Crippen LogP contribution in [0.4, 0.5) is 5.69 Å². The second-order valence-corrected chi connectivity index (χ2v) is 4.08. The Morgan fingerprint density at radius 3 is 2.56 bits per heavy atom. The van der Waals surface area contributed by atoms with Gasteiger partial charge >= 0.3 is 5.97 Å². The molecule has 4 heteroatoms. The highest BCUT2D eigenvalue weighted by Gasteiger charge is 2.17. The van der Waals surface area contributed by atoms with Crippen LogP contribution >= 0.6 is 0 Å². The van der Waals surface area contributed by atoms with Crippen LogP contribution in [0, 0.1) is 0 Å². The number of carboxylic acids is 1. The van der Waals surface area contributed by atoms with Crippen LogP contribution < -0.4 is 4.90 Å². The van der Waals surface area contributed by atoms with Crippen LogP contribution in [0.1, 0.15) is 36.2 Å². The van der Waals surface area contributed by atoms with Gasteiger partial charge in [0.25, 0.3) is 0 Å². The van der Waals surface area contributed by atoms with Gasteiger partial charge in [0, 0.05) is 19.3 Å². The molecule has 1 fully saturated rings. The maximum absolute atomic E-state index is 11.1. The molecule has 1 N–H and O–H groups in total. The second kappa shape index (κ2) is 4.96. The van der Waals surface area contributed by atoms with E-state index in [1.807, 2.05) is 6.07 Å². The molecule has 1 aromatic heterocycles. The van der Waals surface area contributed by atoms with Gasteiger partial charge in [0.2, 0.25) is 0 Å². The molecular formula is C12H16N2O2. The molecule has 86 valence electrons. The third kappa shape index (κ3) is 2.32. The summed E-state index contributed by atoms with van der Waals surface area (Å²) in [7, 11) is 0. The van der Waals surface area contributed by atoms with E-state index < -0.39 is 5.97 Å². The maximum Gasteiger partial charge on any atom is 0.356 e. The molecule has 4 nitrogen and oxygen atoms in total. The van der Waals surface area contributed by atoms with Crippen molar-refractivity contribution in [3.63, 3.8) is 0 Å². The number of pyridine rings is 1. The van der Waals surface area contributed by atoms with Crippen molar-refractivity contribution < 1.29 is 9.90 Å². The van der Waals surface area contributed by atoms with E-state index in [1.54, 1.807) is 6.07 Å². The second-order valence-electron chi connectivity index (χ2n) is 4.08. The van der Waals surface area contributed by atoms with Gasteiger partial charge in [-0.25, -0.2) is 9.78 Å². The van der Waals surface area contributed by atoms with Crippen LogP contribution in [0.2, 0.25) is 0 Å². The van der Waals surface area contributed by atoms with Crippen LogP contribution in [0.5, 0.6) is 0 Å². The zero-order chi connectivity index (χ0) is 11.4. The Balaban J connectivity index is 2.27. The van der Waals surface area contributed by atoms with E-state index >= 15 is 0 Å². The molecule has 0 spiro atoms. The van der Waals surface area contributed by atoms with Gasteiger partial charge in [-0.2, -0.15) is 0 Å². The average Bonchev–Trinajstić information content (AvgIpc) is 2.57. The average molecular weight is 220 g/mol. The van der Waals surface area contributed by atoms with Crippen molar-refractivity contribution in [2.24, 2.45) is 0 Å². The first kappa shape index (κ1) is 10.9. The summed E-state index contributed by atoms with van der Waals surface area (Å²) < 4.78 is 0. The molecule has 1 saturated heterocycles. The number of carbonyl (C=O) groups is 1. The fourth-order valence-electron chi connectivity index (χ4n) is 2.13. The monoisotopic (exact) mass is 220 g/mol. The minimum absolute atomic E-state index is 0.171. The Labute approximate surface area is 94.9 Å². The summed E-state index contributed by atoms with van der Waals surface area (Å²) in [6.45, 7) is 1.87. The Kier molecular flexibility index (Phi) is 3.39. The van der Waals surface area contributed by atoms with Crippen molar-refractivity contribution >= 4 is 11.7 Å². The molecule has 0 bridgehead atoms. The zero-order valence-corrected chi connectivity index (χ0v) is 9.22. The van der Waals surface area contributed by atoms with E-state index in [-0.39, 0.29) is 5.69 Å². The molecule has 16 heavy (non-hydrogen) atoms. The molecule has 2 heterocycles. The summed E-state index contributed by atoms with van der Waals surface area (Å²) in [5.41, 5.74) is 0.932. The summed E-state index contributed by atoms with van der Waals surface area (Å²) in [5.74, 6) is -0.945. The smallest absolute Gasteiger partial charge is 0.356 e. The molecule has 0 aromatic carbocycles.